The Morgan fingerprint density at radius 2 is 2.19 bits per heavy atom. The molecular formula is C15H18N2O3S. The number of ether oxygens (including phenoxy) is 1. The number of hydrogen-bond donors (Lipinski definition) is 0. The average Bonchev–Trinajstić information content (AvgIpc) is 2.95. The number of rotatable bonds is 6. The van der Waals surface area contributed by atoms with E-state index in [1.165, 1.54) is 10.5 Å². The molecule has 2 aromatic rings. The number of esters is 1. The van der Waals surface area contributed by atoms with Crippen LogP contribution in [-0.4, -0.2) is 22.7 Å². The number of nitrogens with zero attached hydrogens (tertiary/aromatic N) is 2. The standard InChI is InChI=1S/C15H18N2O3S/c1-4-19-15(18)11(3)14-16-13(17-20-14)9-21-12-8-6-5-7-10(12)2/h5-8,11H,4,9H2,1-3H3. The first-order valence-electron chi connectivity index (χ1n) is 6.79. The highest BCUT2D eigenvalue weighted by Crippen LogP contribution is 2.25. The molecule has 0 radical (unpaired) electrons. The lowest BCUT2D eigenvalue weighted by atomic mass is 10.2. The number of carbonyl (C=O) groups excluding carboxylic acids is 1. The zero-order chi connectivity index (χ0) is 15.2. The monoisotopic (exact) mass is 306 g/mol. The molecule has 0 aliphatic heterocycles. The first-order chi connectivity index (χ1) is 10.1. The van der Waals surface area contributed by atoms with Crippen molar-refractivity contribution in [3.8, 4) is 0 Å². The lowest BCUT2D eigenvalue weighted by Gasteiger charge is -2.04. The van der Waals surface area contributed by atoms with E-state index in [0.29, 0.717) is 24.1 Å². The molecule has 2 rings (SSSR count). The fourth-order valence-corrected chi connectivity index (χ4v) is 2.60. The lowest BCUT2D eigenvalue weighted by Crippen LogP contribution is -2.13. The summed E-state index contributed by atoms with van der Waals surface area (Å²) < 4.78 is 10.1. The van der Waals surface area contributed by atoms with E-state index in [9.17, 15) is 4.79 Å². The van der Waals surface area contributed by atoms with Crippen molar-refractivity contribution < 1.29 is 14.1 Å². The molecule has 0 aliphatic carbocycles. The van der Waals surface area contributed by atoms with Crippen LogP contribution in [0.5, 0.6) is 0 Å². The summed E-state index contributed by atoms with van der Waals surface area (Å²) in [6.07, 6.45) is 0. The largest absolute Gasteiger partial charge is 0.465 e. The Balaban J connectivity index is 1.97. The van der Waals surface area contributed by atoms with Gasteiger partial charge in [0.15, 0.2) is 5.82 Å². The normalized spacial score (nSPS) is 12.1. The van der Waals surface area contributed by atoms with Crippen LogP contribution in [0.2, 0.25) is 0 Å². The molecule has 0 fully saturated rings. The van der Waals surface area contributed by atoms with E-state index in [2.05, 4.69) is 29.2 Å². The SMILES string of the molecule is CCOC(=O)C(C)c1nc(CSc2ccccc2C)no1. The third-order valence-electron chi connectivity index (χ3n) is 2.94. The van der Waals surface area contributed by atoms with E-state index in [-0.39, 0.29) is 5.97 Å². The van der Waals surface area contributed by atoms with Crippen LogP contribution in [0.15, 0.2) is 33.7 Å². The van der Waals surface area contributed by atoms with Gasteiger partial charge in [0, 0.05) is 4.90 Å². The maximum atomic E-state index is 11.6. The minimum absolute atomic E-state index is 0.300. The van der Waals surface area contributed by atoms with Gasteiger partial charge in [-0.1, -0.05) is 23.4 Å². The van der Waals surface area contributed by atoms with Crippen LogP contribution >= 0.6 is 11.8 Å². The fourth-order valence-electron chi connectivity index (χ4n) is 1.73. The number of benzene rings is 1. The molecule has 0 amide bonds. The number of carbonyl (C=O) groups is 1. The Hall–Kier alpha value is -1.82. The highest BCUT2D eigenvalue weighted by Gasteiger charge is 2.23. The molecular weight excluding hydrogens is 288 g/mol. The summed E-state index contributed by atoms with van der Waals surface area (Å²) in [4.78, 5) is 17.1. The molecule has 1 unspecified atom stereocenters. The maximum absolute atomic E-state index is 11.6. The van der Waals surface area contributed by atoms with Crippen LogP contribution in [0.25, 0.3) is 0 Å². The molecule has 6 heteroatoms. The van der Waals surface area contributed by atoms with Crippen molar-refractivity contribution in [1.29, 1.82) is 0 Å². The second-order valence-corrected chi connectivity index (χ2v) is 5.59. The van der Waals surface area contributed by atoms with Crippen molar-refractivity contribution in [1.82, 2.24) is 10.1 Å². The van der Waals surface area contributed by atoms with Gasteiger partial charge in [0.2, 0.25) is 5.89 Å². The third-order valence-corrected chi connectivity index (χ3v) is 4.12. The molecule has 1 aromatic heterocycles. The molecule has 1 aromatic carbocycles. The van der Waals surface area contributed by atoms with Crippen LogP contribution < -0.4 is 0 Å². The van der Waals surface area contributed by atoms with E-state index in [4.69, 9.17) is 9.26 Å². The second-order valence-electron chi connectivity index (χ2n) is 4.58. The van der Waals surface area contributed by atoms with Crippen molar-refractivity contribution >= 4 is 17.7 Å². The Morgan fingerprint density at radius 3 is 2.90 bits per heavy atom. The van der Waals surface area contributed by atoms with Crippen molar-refractivity contribution in [3.63, 3.8) is 0 Å². The van der Waals surface area contributed by atoms with Gasteiger partial charge in [0.1, 0.15) is 5.92 Å². The summed E-state index contributed by atoms with van der Waals surface area (Å²) in [6, 6.07) is 8.13. The van der Waals surface area contributed by atoms with Crippen molar-refractivity contribution in [2.45, 2.75) is 37.3 Å². The van der Waals surface area contributed by atoms with Crippen LogP contribution in [0.3, 0.4) is 0 Å². The van der Waals surface area contributed by atoms with Gasteiger partial charge >= 0.3 is 5.97 Å². The fraction of sp³-hybridized carbons (Fsp3) is 0.400. The van der Waals surface area contributed by atoms with Crippen molar-refractivity contribution in [3.05, 3.63) is 41.5 Å². The number of aryl methyl sites for hydroxylation is 1. The van der Waals surface area contributed by atoms with Gasteiger partial charge in [0.25, 0.3) is 0 Å². The summed E-state index contributed by atoms with van der Waals surface area (Å²) in [5, 5.41) is 3.91. The highest BCUT2D eigenvalue weighted by atomic mass is 32.2. The molecule has 0 bridgehead atoms. The van der Waals surface area contributed by atoms with Gasteiger partial charge in [0.05, 0.1) is 12.4 Å². The van der Waals surface area contributed by atoms with Gasteiger partial charge in [-0.05, 0) is 32.4 Å². The van der Waals surface area contributed by atoms with Gasteiger partial charge in [-0.2, -0.15) is 4.98 Å². The Bertz CT molecular complexity index is 612. The highest BCUT2D eigenvalue weighted by molar-refractivity contribution is 7.98. The van der Waals surface area contributed by atoms with Gasteiger partial charge in [-0.3, -0.25) is 4.79 Å². The van der Waals surface area contributed by atoms with Crippen LogP contribution in [0.4, 0.5) is 0 Å². The van der Waals surface area contributed by atoms with E-state index in [0.717, 1.165) is 0 Å². The Labute approximate surface area is 128 Å². The summed E-state index contributed by atoms with van der Waals surface area (Å²) in [6.45, 7) is 5.87. The zero-order valence-electron chi connectivity index (χ0n) is 12.3. The van der Waals surface area contributed by atoms with Crippen molar-refractivity contribution in [2.24, 2.45) is 0 Å². The van der Waals surface area contributed by atoms with Crippen molar-refractivity contribution in [2.75, 3.05) is 6.61 Å². The average molecular weight is 306 g/mol. The second kappa shape index (κ2) is 7.26. The molecule has 0 aliphatic rings. The molecule has 1 heterocycles. The first-order valence-corrected chi connectivity index (χ1v) is 7.78. The number of aromatic nitrogens is 2. The maximum Gasteiger partial charge on any atom is 0.318 e. The molecule has 0 saturated carbocycles. The van der Waals surface area contributed by atoms with Gasteiger partial charge < -0.3 is 9.26 Å². The minimum atomic E-state index is -0.533. The summed E-state index contributed by atoms with van der Waals surface area (Å²) in [5.74, 6) is 0.598. The molecule has 0 saturated heterocycles. The predicted molar refractivity (Wildman–Crippen MR) is 80.1 cm³/mol. The zero-order valence-corrected chi connectivity index (χ0v) is 13.1. The molecule has 5 nitrogen and oxygen atoms in total. The van der Waals surface area contributed by atoms with Gasteiger partial charge in [-0.15, -0.1) is 11.8 Å². The van der Waals surface area contributed by atoms with E-state index in [1.54, 1.807) is 25.6 Å². The smallest absolute Gasteiger partial charge is 0.318 e. The quantitative estimate of drug-likeness (QED) is 0.602. The topological polar surface area (TPSA) is 65.2 Å². The molecule has 21 heavy (non-hydrogen) atoms. The lowest BCUT2D eigenvalue weighted by molar-refractivity contribution is -0.145. The predicted octanol–water partition coefficient (Wildman–Crippen LogP) is 3.34. The van der Waals surface area contributed by atoms with E-state index < -0.39 is 5.92 Å². The Morgan fingerprint density at radius 1 is 1.43 bits per heavy atom. The van der Waals surface area contributed by atoms with E-state index in [1.807, 2.05) is 12.1 Å². The van der Waals surface area contributed by atoms with Crippen LogP contribution in [0.1, 0.15) is 37.0 Å². The first kappa shape index (κ1) is 15.6. The molecule has 112 valence electrons. The summed E-state index contributed by atoms with van der Waals surface area (Å²) in [7, 11) is 0. The molecule has 1 atom stereocenters. The Kier molecular flexibility index (Phi) is 5.38. The van der Waals surface area contributed by atoms with Crippen LogP contribution in [0, 0.1) is 6.92 Å². The third kappa shape index (κ3) is 4.07. The number of hydrogen-bond acceptors (Lipinski definition) is 6. The summed E-state index contributed by atoms with van der Waals surface area (Å²) >= 11 is 1.64. The van der Waals surface area contributed by atoms with E-state index >= 15 is 0 Å². The summed E-state index contributed by atoms with van der Waals surface area (Å²) in [5.41, 5.74) is 1.21. The van der Waals surface area contributed by atoms with Crippen LogP contribution in [-0.2, 0) is 15.3 Å². The van der Waals surface area contributed by atoms with Gasteiger partial charge in [-0.25, -0.2) is 0 Å². The molecule has 0 N–H and O–H groups in total. The molecule has 0 spiro atoms. The number of thioether (sulfide) groups is 1. The minimum Gasteiger partial charge on any atom is -0.465 e.